The number of piperidine rings is 1. The molecule has 1 N–H and O–H groups in total. The molecule has 31 heavy (non-hydrogen) atoms. The van der Waals surface area contributed by atoms with Crippen LogP contribution in [0.1, 0.15) is 76.8 Å². The third-order valence-corrected chi connectivity index (χ3v) is 6.85. The van der Waals surface area contributed by atoms with E-state index in [4.69, 9.17) is 0 Å². The fourth-order valence-corrected chi connectivity index (χ4v) is 4.95. The number of nitrogens with zero attached hydrogens (tertiary/aromatic N) is 1. The lowest BCUT2D eigenvalue weighted by Gasteiger charge is -2.26. The van der Waals surface area contributed by atoms with Crippen molar-refractivity contribution in [2.24, 2.45) is 5.92 Å². The van der Waals surface area contributed by atoms with Gasteiger partial charge in [0, 0.05) is 30.6 Å². The van der Waals surface area contributed by atoms with E-state index < -0.39 is 6.10 Å². The number of ketones is 1. The summed E-state index contributed by atoms with van der Waals surface area (Å²) in [7, 11) is 0. The number of aliphatic hydroxyl groups excluding tert-OH is 1. The molecule has 0 saturated carbocycles. The Morgan fingerprint density at radius 2 is 1.48 bits per heavy atom. The first-order valence-corrected chi connectivity index (χ1v) is 11.8. The zero-order valence-electron chi connectivity index (χ0n) is 18.3. The predicted molar refractivity (Wildman–Crippen MR) is 122 cm³/mol. The number of hydrogen-bond donors (Lipinski definition) is 1. The minimum Gasteiger partial charge on any atom is -0.393 e. The van der Waals surface area contributed by atoms with Gasteiger partial charge in [-0.05, 0) is 80.5 Å². The van der Waals surface area contributed by atoms with Crippen molar-refractivity contribution in [2.45, 2.75) is 63.9 Å². The quantitative estimate of drug-likeness (QED) is 0.624. The molecule has 1 amide bonds. The number of aliphatic hydroxyl groups is 1. The van der Waals surface area contributed by atoms with Gasteiger partial charge in [-0.15, -0.1) is 0 Å². The van der Waals surface area contributed by atoms with E-state index in [0.717, 1.165) is 51.6 Å². The van der Waals surface area contributed by atoms with E-state index in [1.807, 2.05) is 4.90 Å². The standard InChI is InChI=1S/C27H33NO3/c29-25(13-8-20-18-23-6-2-3-7-24(23)19-20)14-15-26(30)21-9-11-22(12-10-21)27(31)28-16-4-1-5-17-28/h2-3,6-7,9-12,20,25,29H,1,4-5,8,13-19H2. The van der Waals surface area contributed by atoms with Crippen molar-refractivity contribution in [3.8, 4) is 0 Å². The maximum Gasteiger partial charge on any atom is 0.253 e. The van der Waals surface area contributed by atoms with E-state index in [1.54, 1.807) is 24.3 Å². The number of Topliss-reactive ketones (excluding diaryl/α,β-unsaturated/α-hetero) is 1. The van der Waals surface area contributed by atoms with Crippen LogP contribution in [0.25, 0.3) is 0 Å². The Hall–Kier alpha value is -2.46. The van der Waals surface area contributed by atoms with Crippen molar-refractivity contribution in [1.82, 2.24) is 4.90 Å². The van der Waals surface area contributed by atoms with E-state index in [2.05, 4.69) is 24.3 Å². The molecule has 2 aromatic carbocycles. The van der Waals surface area contributed by atoms with Crippen LogP contribution < -0.4 is 0 Å². The van der Waals surface area contributed by atoms with Gasteiger partial charge in [0.2, 0.25) is 0 Å². The van der Waals surface area contributed by atoms with Crippen LogP contribution in [-0.2, 0) is 12.8 Å². The third-order valence-electron chi connectivity index (χ3n) is 6.85. The lowest BCUT2D eigenvalue weighted by Crippen LogP contribution is -2.35. The normalized spacial score (nSPS) is 17.4. The van der Waals surface area contributed by atoms with Crippen LogP contribution in [0.3, 0.4) is 0 Å². The zero-order chi connectivity index (χ0) is 21.6. The summed E-state index contributed by atoms with van der Waals surface area (Å²) in [6, 6.07) is 15.6. The molecule has 2 aliphatic rings. The molecule has 1 unspecified atom stereocenters. The third kappa shape index (κ3) is 5.62. The molecule has 1 aliphatic heterocycles. The largest absolute Gasteiger partial charge is 0.393 e. The van der Waals surface area contributed by atoms with E-state index in [9.17, 15) is 14.7 Å². The Labute approximate surface area is 185 Å². The minimum atomic E-state index is -0.437. The number of benzene rings is 2. The molecule has 1 heterocycles. The summed E-state index contributed by atoms with van der Waals surface area (Å²) < 4.78 is 0. The average Bonchev–Trinajstić information content (AvgIpc) is 3.24. The zero-order valence-corrected chi connectivity index (χ0v) is 18.3. The highest BCUT2D eigenvalue weighted by molar-refractivity contribution is 5.98. The Kier molecular flexibility index (Phi) is 7.18. The molecule has 1 fully saturated rings. The second-order valence-corrected chi connectivity index (χ2v) is 9.17. The maximum atomic E-state index is 12.6. The van der Waals surface area contributed by atoms with Gasteiger partial charge in [-0.2, -0.15) is 0 Å². The van der Waals surface area contributed by atoms with Crippen molar-refractivity contribution in [3.05, 3.63) is 70.8 Å². The van der Waals surface area contributed by atoms with Gasteiger partial charge < -0.3 is 10.0 Å². The summed E-state index contributed by atoms with van der Waals surface area (Å²) in [5.74, 6) is 0.695. The Morgan fingerprint density at radius 3 is 2.13 bits per heavy atom. The van der Waals surface area contributed by atoms with Crippen LogP contribution >= 0.6 is 0 Å². The fourth-order valence-electron chi connectivity index (χ4n) is 4.95. The van der Waals surface area contributed by atoms with Gasteiger partial charge in [0.25, 0.3) is 5.91 Å². The molecule has 4 heteroatoms. The molecule has 4 rings (SSSR count). The molecular weight excluding hydrogens is 386 g/mol. The van der Waals surface area contributed by atoms with E-state index >= 15 is 0 Å². The van der Waals surface area contributed by atoms with Crippen LogP contribution in [0.2, 0.25) is 0 Å². The maximum absolute atomic E-state index is 12.6. The van der Waals surface area contributed by atoms with Gasteiger partial charge in [-0.3, -0.25) is 9.59 Å². The number of fused-ring (bicyclic) bond motifs is 1. The van der Waals surface area contributed by atoms with Crippen LogP contribution in [-0.4, -0.2) is 40.9 Å². The second kappa shape index (κ2) is 10.2. The molecule has 0 bridgehead atoms. The molecule has 1 aliphatic carbocycles. The van der Waals surface area contributed by atoms with Gasteiger partial charge in [-0.1, -0.05) is 36.4 Å². The highest BCUT2D eigenvalue weighted by atomic mass is 16.3. The molecule has 1 saturated heterocycles. The monoisotopic (exact) mass is 419 g/mol. The number of rotatable bonds is 8. The molecule has 4 nitrogen and oxygen atoms in total. The van der Waals surface area contributed by atoms with E-state index in [0.29, 0.717) is 29.9 Å². The van der Waals surface area contributed by atoms with Crippen molar-refractivity contribution in [2.75, 3.05) is 13.1 Å². The molecule has 2 aromatic rings. The topological polar surface area (TPSA) is 57.6 Å². The Bertz CT molecular complexity index is 874. The van der Waals surface area contributed by atoms with Gasteiger partial charge in [-0.25, -0.2) is 0 Å². The number of carbonyl (C=O) groups excluding carboxylic acids is 2. The number of hydrogen-bond acceptors (Lipinski definition) is 3. The Balaban J connectivity index is 1.20. The van der Waals surface area contributed by atoms with Crippen LogP contribution in [0.4, 0.5) is 0 Å². The molecule has 1 atom stereocenters. The summed E-state index contributed by atoms with van der Waals surface area (Å²) >= 11 is 0. The van der Waals surface area contributed by atoms with Crippen molar-refractivity contribution < 1.29 is 14.7 Å². The van der Waals surface area contributed by atoms with Crippen LogP contribution in [0.5, 0.6) is 0 Å². The summed E-state index contributed by atoms with van der Waals surface area (Å²) in [6.45, 7) is 1.65. The highest BCUT2D eigenvalue weighted by Crippen LogP contribution is 2.30. The first-order chi connectivity index (χ1) is 15.1. The minimum absolute atomic E-state index is 0.0318. The summed E-state index contributed by atoms with van der Waals surface area (Å²) in [6.07, 6.45) is 7.67. The van der Waals surface area contributed by atoms with Crippen LogP contribution in [0, 0.1) is 5.92 Å². The highest BCUT2D eigenvalue weighted by Gasteiger charge is 2.22. The first kappa shape index (κ1) is 21.8. The van der Waals surface area contributed by atoms with E-state index in [-0.39, 0.29) is 11.7 Å². The summed E-state index contributed by atoms with van der Waals surface area (Å²) in [5, 5.41) is 10.4. The SMILES string of the molecule is O=C(CCC(O)CCC1Cc2ccccc2C1)c1ccc(C(=O)N2CCCCC2)cc1. The Morgan fingerprint density at radius 1 is 0.871 bits per heavy atom. The summed E-state index contributed by atoms with van der Waals surface area (Å²) in [4.78, 5) is 27.0. The number of likely N-dealkylation sites (tertiary alicyclic amines) is 1. The van der Waals surface area contributed by atoms with Crippen molar-refractivity contribution in [1.29, 1.82) is 0 Å². The van der Waals surface area contributed by atoms with Crippen molar-refractivity contribution >= 4 is 11.7 Å². The second-order valence-electron chi connectivity index (χ2n) is 9.17. The van der Waals surface area contributed by atoms with Gasteiger partial charge >= 0.3 is 0 Å². The summed E-state index contributed by atoms with van der Waals surface area (Å²) in [5.41, 5.74) is 4.16. The number of carbonyl (C=O) groups is 2. The fraction of sp³-hybridized carbons (Fsp3) is 0.481. The molecule has 0 radical (unpaired) electrons. The van der Waals surface area contributed by atoms with Crippen molar-refractivity contribution in [3.63, 3.8) is 0 Å². The van der Waals surface area contributed by atoms with Gasteiger partial charge in [0.05, 0.1) is 6.10 Å². The lowest BCUT2D eigenvalue weighted by molar-refractivity contribution is 0.0724. The molecule has 0 spiro atoms. The number of amides is 1. The predicted octanol–water partition coefficient (Wildman–Crippen LogP) is 4.83. The van der Waals surface area contributed by atoms with E-state index in [1.165, 1.54) is 17.5 Å². The molecule has 0 aromatic heterocycles. The lowest BCUT2D eigenvalue weighted by atomic mass is 9.95. The molecule has 164 valence electrons. The van der Waals surface area contributed by atoms with Gasteiger partial charge in [0.15, 0.2) is 5.78 Å². The average molecular weight is 420 g/mol. The first-order valence-electron chi connectivity index (χ1n) is 11.8. The molecular formula is C27H33NO3. The van der Waals surface area contributed by atoms with Crippen LogP contribution in [0.15, 0.2) is 48.5 Å². The van der Waals surface area contributed by atoms with Gasteiger partial charge in [0.1, 0.15) is 0 Å². The smallest absolute Gasteiger partial charge is 0.253 e.